The first-order chi connectivity index (χ1) is 13.8. The molecule has 0 radical (unpaired) electrons. The molecule has 0 aromatic heterocycles. The summed E-state index contributed by atoms with van der Waals surface area (Å²) < 4.78 is 29.0. The van der Waals surface area contributed by atoms with Crippen molar-refractivity contribution in [2.24, 2.45) is 5.92 Å². The minimum absolute atomic E-state index is 0.0181. The third-order valence-corrected chi connectivity index (χ3v) is 5.57. The highest BCUT2D eigenvalue weighted by molar-refractivity contribution is 5.61. The molecule has 3 fully saturated rings. The van der Waals surface area contributed by atoms with Crippen LogP contribution in [0.3, 0.4) is 0 Å². The highest BCUT2D eigenvalue weighted by atomic mass is 16.7. The maximum absolute atomic E-state index is 11.8. The van der Waals surface area contributed by atoms with Crippen molar-refractivity contribution in [1.82, 2.24) is 0 Å². The molecule has 0 amide bonds. The summed E-state index contributed by atoms with van der Waals surface area (Å²) >= 11 is 0. The Hall–Kier alpha value is -2.41. The molecule has 0 unspecified atom stereocenters. The number of hydrogen-bond donors (Lipinski definition) is 0. The Bertz CT molecular complexity index is 810. The third kappa shape index (κ3) is 3.51. The lowest BCUT2D eigenvalue weighted by molar-refractivity contribution is -0.185. The number of fused-ring (bicyclic) bond motifs is 3. The molecule has 6 nitrogen and oxygen atoms in total. The van der Waals surface area contributed by atoms with Gasteiger partial charge in [-0.2, -0.15) is 0 Å². The van der Waals surface area contributed by atoms with E-state index in [4.69, 9.17) is 23.7 Å². The Balaban J connectivity index is 1.34. The predicted molar refractivity (Wildman–Crippen MR) is 98.4 cm³/mol. The molecule has 5 rings (SSSR count). The molecule has 0 N–H and O–H groups in total. The predicted octanol–water partition coefficient (Wildman–Crippen LogP) is 3.09. The van der Waals surface area contributed by atoms with E-state index in [9.17, 15) is 4.79 Å². The van der Waals surface area contributed by atoms with E-state index in [-0.39, 0.29) is 24.2 Å². The summed E-state index contributed by atoms with van der Waals surface area (Å²) in [4.78, 5) is 11.8. The lowest BCUT2D eigenvalue weighted by atomic mass is 9.82. The maximum Gasteiger partial charge on any atom is 0.508 e. The van der Waals surface area contributed by atoms with Crippen molar-refractivity contribution in [2.45, 2.75) is 43.7 Å². The van der Waals surface area contributed by atoms with Gasteiger partial charge < -0.3 is 23.7 Å². The summed E-state index contributed by atoms with van der Waals surface area (Å²) in [7, 11) is 0. The average Bonchev–Trinajstić information content (AvgIpc) is 3.53. The Morgan fingerprint density at radius 2 is 1.36 bits per heavy atom. The zero-order valence-electron chi connectivity index (χ0n) is 15.3. The van der Waals surface area contributed by atoms with Crippen molar-refractivity contribution in [3.8, 4) is 0 Å². The van der Waals surface area contributed by atoms with Crippen LogP contribution in [-0.2, 0) is 36.9 Å². The van der Waals surface area contributed by atoms with Crippen LogP contribution in [0.2, 0.25) is 0 Å². The fourth-order valence-corrected chi connectivity index (χ4v) is 4.12. The number of cyclic esters (lactones) is 1. The molecular weight excluding hydrogens is 360 g/mol. The molecule has 1 aliphatic carbocycles. The molecule has 2 heterocycles. The highest BCUT2D eigenvalue weighted by Crippen LogP contribution is 2.46. The molecule has 6 atom stereocenters. The molecule has 0 bridgehead atoms. The molecule has 28 heavy (non-hydrogen) atoms. The van der Waals surface area contributed by atoms with E-state index in [0.717, 1.165) is 11.1 Å². The van der Waals surface area contributed by atoms with E-state index < -0.39 is 18.4 Å². The zero-order valence-corrected chi connectivity index (χ0v) is 15.3. The largest absolute Gasteiger partial charge is 0.508 e. The SMILES string of the molecule is O=C1OC[C@@H]2[C@@H](O1)[C@H](OCc1ccccc1)[C@@H](OCc1ccccc1)[C@@H]1O[C@H]21. The van der Waals surface area contributed by atoms with Crippen LogP contribution in [0.4, 0.5) is 4.79 Å². The van der Waals surface area contributed by atoms with Gasteiger partial charge in [0, 0.05) is 0 Å². The van der Waals surface area contributed by atoms with E-state index >= 15 is 0 Å². The normalized spacial score (nSPS) is 33.2. The minimum atomic E-state index is -0.657. The molecule has 2 aliphatic heterocycles. The van der Waals surface area contributed by atoms with Gasteiger partial charge in [-0.25, -0.2) is 4.79 Å². The second-order valence-corrected chi connectivity index (χ2v) is 7.40. The smallest absolute Gasteiger partial charge is 0.434 e. The van der Waals surface area contributed by atoms with Crippen molar-refractivity contribution in [2.75, 3.05) is 6.61 Å². The summed E-state index contributed by atoms with van der Waals surface area (Å²) in [6.07, 6.45) is -1.89. The van der Waals surface area contributed by atoms with Crippen molar-refractivity contribution < 1.29 is 28.5 Å². The quantitative estimate of drug-likeness (QED) is 0.565. The van der Waals surface area contributed by atoms with Crippen LogP contribution in [-0.4, -0.2) is 43.3 Å². The maximum atomic E-state index is 11.8. The van der Waals surface area contributed by atoms with Crippen LogP contribution in [0.1, 0.15) is 11.1 Å². The Labute approximate surface area is 163 Å². The summed E-state index contributed by atoms with van der Waals surface area (Å²) in [5, 5.41) is 0. The van der Waals surface area contributed by atoms with Crippen LogP contribution < -0.4 is 0 Å². The van der Waals surface area contributed by atoms with E-state index in [1.165, 1.54) is 0 Å². The molecule has 2 aromatic carbocycles. The number of ether oxygens (including phenoxy) is 5. The van der Waals surface area contributed by atoms with Crippen LogP contribution in [0.15, 0.2) is 60.7 Å². The minimum Gasteiger partial charge on any atom is -0.434 e. The first-order valence-corrected chi connectivity index (χ1v) is 9.59. The van der Waals surface area contributed by atoms with Gasteiger partial charge in [0.05, 0.1) is 25.2 Å². The Kier molecular flexibility index (Phi) is 4.76. The van der Waals surface area contributed by atoms with Crippen LogP contribution in [0.5, 0.6) is 0 Å². The summed E-state index contributed by atoms with van der Waals surface area (Å²) in [5.74, 6) is -0.0277. The third-order valence-electron chi connectivity index (χ3n) is 5.57. The van der Waals surface area contributed by atoms with Gasteiger partial charge >= 0.3 is 6.16 Å². The fourth-order valence-electron chi connectivity index (χ4n) is 4.12. The van der Waals surface area contributed by atoms with Crippen molar-refractivity contribution in [3.63, 3.8) is 0 Å². The second kappa shape index (κ2) is 7.54. The highest BCUT2D eigenvalue weighted by Gasteiger charge is 2.64. The van der Waals surface area contributed by atoms with Crippen LogP contribution in [0.25, 0.3) is 0 Å². The van der Waals surface area contributed by atoms with Gasteiger partial charge in [0.1, 0.15) is 31.0 Å². The molecule has 146 valence electrons. The number of carbonyl (C=O) groups is 1. The van der Waals surface area contributed by atoms with E-state index in [0.29, 0.717) is 19.8 Å². The number of epoxide rings is 1. The van der Waals surface area contributed by atoms with Gasteiger partial charge in [-0.05, 0) is 11.1 Å². The summed E-state index contributed by atoms with van der Waals surface area (Å²) in [5.41, 5.74) is 2.13. The second-order valence-electron chi connectivity index (χ2n) is 7.40. The zero-order chi connectivity index (χ0) is 18.9. The lowest BCUT2D eigenvalue weighted by Crippen LogP contribution is -2.58. The van der Waals surface area contributed by atoms with E-state index in [2.05, 4.69) is 0 Å². The number of rotatable bonds is 6. The van der Waals surface area contributed by atoms with Gasteiger partial charge in [-0.3, -0.25) is 0 Å². The van der Waals surface area contributed by atoms with Crippen LogP contribution >= 0.6 is 0 Å². The average molecular weight is 382 g/mol. The number of benzene rings is 2. The molecule has 6 heteroatoms. The van der Waals surface area contributed by atoms with Crippen LogP contribution in [0, 0.1) is 5.92 Å². The molecular formula is C22H22O6. The monoisotopic (exact) mass is 382 g/mol. The molecule has 1 saturated carbocycles. The van der Waals surface area contributed by atoms with Gasteiger partial charge in [0.2, 0.25) is 0 Å². The molecule has 0 spiro atoms. The number of hydrogen-bond acceptors (Lipinski definition) is 6. The first-order valence-electron chi connectivity index (χ1n) is 9.59. The van der Waals surface area contributed by atoms with Crippen molar-refractivity contribution in [3.05, 3.63) is 71.8 Å². The van der Waals surface area contributed by atoms with Gasteiger partial charge in [0.15, 0.2) is 0 Å². The van der Waals surface area contributed by atoms with Gasteiger partial charge in [-0.1, -0.05) is 60.7 Å². The standard InChI is InChI=1S/C22H22O6/c23-22-26-13-16-17(28-22)19(24-11-14-7-3-1-4-8-14)20(21-18(16)27-21)25-12-15-9-5-2-6-10-15/h1-10,16-21H,11-13H2/t16-,17-,18-,19+,20-,21-/m1/s1. The molecule has 2 saturated heterocycles. The Morgan fingerprint density at radius 1 is 0.786 bits per heavy atom. The Morgan fingerprint density at radius 3 is 1.96 bits per heavy atom. The van der Waals surface area contributed by atoms with Crippen molar-refractivity contribution in [1.29, 1.82) is 0 Å². The molecule has 2 aromatic rings. The number of carbonyl (C=O) groups excluding carboxylic acids is 1. The van der Waals surface area contributed by atoms with E-state index in [1.54, 1.807) is 0 Å². The summed E-state index contributed by atoms with van der Waals surface area (Å²) in [6, 6.07) is 19.9. The molecule has 3 aliphatic rings. The van der Waals surface area contributed by atoms with E-state index in [1.807, 2.05) is 60.7 Å². The topological polar surface area (TPSA) is 66.5 Å². The fraction of sp³-hybridized carbons (Fsp3) is 0.409. The van der Waals surface area contributed by atoms with Gasteiger partial charge in [0.25, 0.3) is 0 Å². The van der Waals surface area contributed by atoms with Crippen molar-refractivity contribution >= 4 is 6.16 Å². The van der Waals surface area contributed by atoms with Gasteiger partial charge in [-0.15, -0.1) is 0 Å². The summed E-state index contributed by atoms with van der Waals surface area (Å²) in [6.45, 7) is 1.15. The first kappa shape index (κ1) is 17.7. The lowest BCUT2D eigenvalue weighted by Gasteiger charge is -2.41.